The summed E-state index contributed by atoms with van der Waals surface area (Å²) in [5, 5.41) is 4.84. The zero-order valence-electron chi connectivity index (χ0n) is 8.08. The van der Waals surface area contributed by atoms with Gasteiger partial charge >= 0.3 is 0 Å². The first-order chi connectivity index (χ1) is 6.75. The minimum Gasteiger partial charge on any atom is -0.379 e. The maximum Gasteiger partial charge on any atom is 0.252 e. The molecule has 0 unspecified atom stereocenters. The van der Waals surface area contributed by atoms with E-state index < -0.39 is 0 Å². The summed E-state index contributed by atoms with van der Waals surface area (Å²) in [5.74, 6) is 0.0184. The molecule has 4 heteroatoms. The average Bonchev–Trinajstić information content (AvgIpc) is 2.75. The van der Waals surface area contributed by atoms with Crippen LogP contribution in [0, 0.1) is 6.92 Å². The van der Waals surface area contributed by atoms with Gasteiger partial charge in [0.15, 0.2) is 0 Å². The minimum absolute atomic E-state index is 0.0184. The van der Waals surface area contributed by atoms with E-state index in [-0.39, 0.29) is 11.9 Å². The van der Waals surface area contributed by atoms with Crippen molar-refractivity contribution in [2.24, 2.45) is 0 Å². The van der Waals surface area contributed by atoms with Crippen molar-refractivity contribution in [1.29, 1.82) is 0 Å². The number of hydrogen-bond donors (Lipinski definition) is 1. The third-order valence-electron chi connectivity index (χ3n) is 2.26. The Morgan fingerprint density at radius 3 is 3.14 bits per heavy atom. The van der Waals surface area contributed by atoms with E-state index in [1.165, 1.54) is 0 Å². The fraction of sp³-hybridized carbons (Fsp3) is 0.500. The van der Waals surface area contributed by atoms with Crippen LogP contribution in [0.2, 0.25) is 0 Å². The Balaban J connectivity index is 1.95. The number of carbonyl (C=O) groups is 1. The Bertz CT molecular complexity index is 329. The normalized spacial score (nSPS) is 21.1. The highest BCUT2D eigenvalue weighted by atomic mass is 32.1. The van der Waals surface area contributed by atoms with Crippen LogP contribution in [0.15, 0.2) is 11.4 Å². The molecule has 3 nitrogen and oxygen atoms in total. The Morgan fingerprint density at radius 1 is 1.71 bits per heavy atom. The first-order valence-corrected chi connectivity index (χ1v) is 5.57. The van der Waals surface area contributed by atoms with E-state index in [0.717, 1.165) is 23.5 Å². The number of carbonyl (C=O) groups excluding carboxylic acids is 1. The molecule has 0 saturated carbocycles. The van der Waals surface area contributed by atoms with Gasteiger partial charge in [-0.3, -0.25) is 4.79 Å². The van der Waals surface area contributed by atoms with Crippen LogP contribution in [-0.4, -0.2) is 25.2 Å². The average molecular weight is 211 g/mol. The summed E-state index contributed by atoms with van der Waals surface area (Å²) in [7, 11) is 0. The lowest BCUT2D eigenvalue weighted by atomic mass is 10.2. The van der Waals surface area contributed by atoms with Crippen LogP contribution in [-0.2, 0) is 4.74 Å². The first kappa shape index (κ1) is 9.68. The van der Waals surface area contributed by atoms with Crippen LogP contribution in [0.25, 0.3) is 0 Å². The summed E-state index contributed by atoms with van der Waals surface area (Å²) in [4.78, 5) is 12.8. The maximum atomic E-state index is 11.7. The van der Waals surface area contributed by atoms with Gasteiger partial charge < -0.3 is 10.1 Å². The number of rotatable bonds is 2. The number of thiophene rings is 1. The highest BCUT2D eigenvalue weighted by Crippen LogP contribution is 2.13. The van der Waals surface area contributed by atoms with Crippen molar-refractivity contribution in [3.05, 3.63) is 21.9 Å². The number of nitrogens with one attached hydrogen (secondary N) is 1. The van der Waals surface area contributed by atoms with Crippen LogP contribution < -0.4 is 5.32 Å². The Kier molecular flexibility index (Phi) is 2.84. The second kappa shape index (κ2) is 4.11. The molecule has 1 aromatic rings. The zero-order chi connectivity index (χ0) is 9.97. The summed E-state index contributed by atoms with van der Waals surface area (Å²) >= 11 is 1.60. The Morgan fingerprint density at radius 2 is 2.57 bits per heavy atom. The second-order valence-corrected chi connectivity index (χ2v) is 4.60. The van der Waals surface area contributed by atoms with Crippen molar-refractivity contribution in [3.63, 3.8) is 0 Å². The van der Waals surface area contributed by atoms with Gasteiger partial charge in [-0.15, -0.1) is 11.3 Å². The van der Waals surface area contributed by atoms with Gasteiger partial charge in [0, 0.05) is 16.9 Å². The summed E-state index contributed by atoms with van der Waals surface area (Å²) in [5.41, 5.74) is 0.763. The smallest absolute Gasteiger partial charge is 0.252 e. The van der Waals surface area contributed by atoms with Crippen LogP contribution >= 0.6 is 11.3 Å². The van der Waals surface area contributed by atoms with E-state index in [9.17, 15) is 4.79 Å². The topological polar surface area (TPSA) is 38.3 Å². The summed E-state index contributed by atoms with van der Waals surface area (Å²) in [6.07, 6.45) is 0.925. The molecule has 14 heavy (non-hydrogen) atoms. The van der Waals surface area contributed by atoms with E-state index in [1.54, 1.807) is 11.3 Å². The van der Waals surface area contributed by atoms with Gasteiger partial charge in [0.1, 0.15) is 0 Å². The van der Waals surface area contributed by atoms with Crippen LogP contribution in [0.3, 0.4) is 0 Å². The molecule has 1 fully saturated rings. The number of aryl methyl sites for hydroxylation is 1. The standard InChI is InChI=1S/C10H13NO2S/c1-7-4-8(6-14-7)10(12)11-9-2-3-13-5-9/h4,6,9H,2-3,5H2,1H3,(H,11,12)/t9-/m0/s1. The van der Waals surface area contributed by atoms with Crippen molar-refractivity contribution >= 4 is 17.2 Å². The molecule has 1 aliphatic rings. The Labute approximate surface area is 87.1 Å². The fourth-order valence-corrected chi connectivity index (χ4v) is 2.16. The van der Waals surface area contributed by atoms with E-state index in [4.69, 9.17) is 4.74 Å². The third kappa shape index (κ3) is 2.13. The lowest BCUT2D eigenvalue weighted by Crippen LogP contribution is -2.34. The highest BCUT2D eigenvalue weighted by Gasteiger charge is 2.18. The molecule has 0 radical (unpaired) electrons. The SMILES string of the molecule is Cc1cc(C(=O)N[C@H]2CCOC2)cs1. The number of ether oxygens (including phenoxy) is 1. The molecule has 1 aliphatic heterocycles. The fourth-order valence-electron chi connectivity index (χ4n) is 1.48. The summed E-state index contributed by atoms with van der Waals surface area (Å²) in [6, 6.07) is 2.11. The number of hydrogen-bond acceptors (Lipinski definition) is 3. The van der Waals surface area contributed by atoms with Gasteiger partial charge in [-0.1, -0.05) is 0 Å². The molecule has 2 heterocycles. The van der Waals surface area contributed by atoms with Crippen molar-refractivity contribution in [2.75, 3.05) is 13.2 Å². The molecule has 1 N–H and O–H groups in total. The molecule has 1 atom stereocenters. The molecule has 76 valence electrons. The molecule has 0 bridgehead atoms. The maximum absolute atomic E-state index is 11.7. The molecule has 0 spiro atoms. The van der Waals surface area contributed by atoms with E-state index in [2.05, 4.69) is 5.32 Å². The molecule has 1 aromatic heterocycles. The molecule has 0 aromatic carbocycles. The minimum atomic E-state index is 0.0184. The van der Waals surface area contributed by atoms with Gasteiger partial charge in [0.05, 0.1) is 18.2 Å². The second-order valence-electron chi connectivity index (χ2n) is 3.48. The largest absolute Gasteiger partial charge is 0.379 e. The Hall–Kier alpha value is -0.870. The quantitative estimate of drug-likeness (QED) is 0.806. The lowest BCUT2D eigenvalue weighted by Gasteiger charge is -2.08. The van der Waals surface area contributed by atoms with Crippen LogP contribution in [0.5, 0.6) is 0 Å². The van der Waals surface area contributed by atoms with Crippen LogP contribution in [0.1, 0.15) is 21.7 Å². The van der Waals surface area contributed by atoms with Crippen molar-refractivity contribution in [1.82, 2.24) is 5.32 Å². The van der Waals surface area contributed by atoms with Crippen molar-refractivity contribution in [2.45, 2.75) is 19.4 Å². The van der Waals surface area contributed by atoms with Crippen molar-refractivity contribution in [3.8, 4) is 0 Å². The monoisotopic (exact) mass is 211 g/mol. The molecule has 2 rings (SSSR count). The molecular formula is C10H13NO2S. The lowest BCUT2D eigenvalue weighted by molar-refractivity contribution is 0.0930. The van der Waals surface area contributed by atoms with Gasteiger partial charge in [-0.2, -0.15) is 0 Å². The highest BCUT2D eigenvalue weighted by molar-refractivity contribution is 7.10. The van der Waals surface area contributed by atoms with Gasteiger partial charge in [-0.25, -0.2) is 0 Å². The van der Waals surface area contributed by atoms with Crippen molar-refractivity contribution < 1.29 is 9.53 Å². The van der Waals surface area contributed by atoms with E-state index in [0.29, 0.717) is 6.61 Å². The third-order valence-corrected chi connectivity index (χ3v) is 3.12. The molecular weight excluding hydrogens is 198 g/mol. The van der Waals surface area contributed by atoms with E-state index in [1.807, 2.05) is 18.4 Å². The molecule has 0 aliphatic carbocycles. The summed E-state index contributed by atoms with van der Waals surface area (Å²) in [6.45, 7) is 3.41. The zero-order valence-corrected chi connectivity index (χ0v) is 8.89. The number of amides is 1. The summed E-state index contributed by atoms with van der Waals surface area (Å²) < 4.78 is 5.19. The predicted octanol–water partition coefficient (Wildman–Crippen LogP) is 1.58. The molecule has 1 amide bonds. The van der Waals surface area contributed by atoms with Gasteiger partial charge in [-0.05, 0) is 19.4 Å². The van der Waals surface area contributed by atoms with E-state index >= 15 is 0 Å². The van der Waals surface area contributed by atoms with Gasteiger partial charge in [0.25, 0.3) is 5.91 Å². The van der Waals surface area contributed by atoms with Crippen LogP contribution in [0.4, 0.5) is 0 Å². The first-order valence-electron chi connectivity index (χ1n) is 4.69. The predicted molar refractivity (Wildman–Crippen MR) is 55.7 cm³/mol. The van der Waals surface area contributed by atoms with Gasteiger partial charge in [0.2, 0.25) is 0 Å². The molecule has 1 saturated heterocycles.